The standard InChI is InChI=1S/C18H20N4O4S2/c1-10(2)8-26-18(23)15-11(3)14-16(20-9-21-17(14)27-15)22-12-4-6-13(7-5-12)28(19,24)25/h4-7,9-10H,8H2,1-3H3,(H2,19,24,25)(H,20,21,22). The number of sulfonamides is 1. The molecule has 0 radical (unpaired) electrons. The molecule has 0 saturated heterocycles. The number of benzene rings is 1. The maximum atomic E-state index is 12.4. The third-order valence-electron chi connectivity index (χ3n) is 3.91. The number of nitrogens with one attached hydrogen (secondary N) is 1. The molecule has 0 bridgehead atoms. The first kappa shape index (κ1) is 20.2. The number of aromatic nitrogens is 2. The number of carbonyl (C=O) groups is 1. The van der Waals surface area contributed by atoms with Crippen molar-refractivity contribution >= 4 is 49.1 Å². The van der Waals surface area contributed by atoms with Crippen molar-refractivity contribution in [3.05, 3.63) is 41.0 Å². The quantitative estimate of drug-likeness (QED) is 0.587. The molecule has 0 amide bonds. The van der Waals surface area contributed by atoms with Gasteiger partial charge in [0, 0.05) is 5.69 Å². The highest BCUT2D eigenvalue weighted by atomic mass is 32.2. The Kier molecular flexibility index (Phi) is 5.64. The minimum Gasteiger partial charge on any atom is -0.461 e. The fourth-order valence-electron chi connectivity index (χ4n) is 2.53. The van der Waals surface area contributed by atoms with E-state index in [0.717, 1.165) is 10.9 Å². The Balaban J connectivity index is 1.93. The smallest absolute Gasteiger partial charge is 0.348 e. The van der Waals surface area contributed by atoms with E-state index in [-0.39, 0.29) is 16.8 Å². The molecule has 0 fully saturated rings. The van der Waals surface area contributed by atoms with Crippen LogP contribution in [0.5, 0.6) is 0 Å². The summed E-state index contributed by atoms with van der Waals surface area (Å²) in [5.41, 5.74) is 1.36. The van der Waals surface area contributed by atoms with Crippen LogP contribution in [-0.4, -0.2) is 31.0 Å². The zero-order chi connectivity index (χ0) is 20.5. The number of nitrogens with two attached hydrogens (primary N) is 1. The number of anilines is 2. The third kappa shape index (κ3) is 4.29. The number of hydrogen-bond donors (Lipinski definition) is 2. The molecule has 3 N–H and O–H groups in total. The highest BCUT2D eigenvalue weighted by molar-refractivity contribution is 7.89. The Morgan fingerprint density at radius 3 is 2.54 bits per heavy atom. The Morgan fingerprint density at radius 2 is 1.93 bits per heavy atom. The largest absolute Gasteiger partial charge is 0.461 e. The zero-order valence-corrected chi connectivity index (χ0v) is 17.2. The number of ether oxygens (including phenoxy) is 1. The number of hydrogen-bond acceptors (Lipinski definition) is 8. The lowest BCUT2D eigenvalue weighted by molar-refractivity contribution is 0.0464. The first-order valence-electron chi connectivity index (χ1n) is 8.48. The average Bonchev–Trinajstić information content (AvgIpc) is 2.97. The van der Waals surface area contributed by atoms with Crippen molar-refractivity contribution in [2.45, 2.75) is 25.7 Å². The maximum Gasteiger partial charge on any atom is 0.348 e. The zero-order valence-electron chi connectivity index (χ0n) is 15.6. The van der Waals surface area contributed by atoms with E-state index < -0.39 is 10.0 Å². The van der Waals surface area contributed by atoms with Gasteiger partial charge in [0.15, 0.2) is 0 Å². The summed E-state index contributed by atoms with van der Waals surface area (Å²) in [4.78, 5) is 22.1. The summed E-state index contributed by atoms with van der Waals surface area (Å²) >= 11 is 1.25. The summed E-state index contributed by atoms with van der Waals surface area (Å²) < 4.78 is 28.1. The van der Waals surface area contributed by atoms with Gasteiger partial charge in [-0.25, -0.2) is 28.3 Å². The van der Waals surface area contributed by atoms with Crippen LogP contribution in [0.25, 0.3) is 10.2 Å². The second-order valence-corrected chi connectivity index (χ2v) is 9.21. The molecule has 0 spiro atoms. The van der Waals surface area contributed by atoms with Gasteiger partial charge in [0.05, 0.1) is 16.9 Å². The number of esters is 1. The van der Waals surface area contributed by atoms with Crippen LogP contribution >= 0.6 is 11.3 Å². The van der Waals surface area contributed by atoms with E-state index in [1.807, 2.05) is 20.8 Å². The van der Waals surface area contributed by atoms with Gasteiger partial charge in [-0.2, -0.15) is 0 Å². The molecule has 2 aromatic heterocycles. The predicted molar refractivity (Wildman–Crippen MR) is 108 cm³/mol. The lowest BCUT2D eigenvalue weighted by Gasteiger charge is -2.08. The Hall–Kier alpha value is -2.56. The Labute approximate surface area is 166 Å². The van der Waals surface area contributed by atoms with E-state index in [9.17, 15) is 13.2 Å². The summed E-state index contributed by atoms with van der Waals surface area (Å²) in [6.45, 7) is 6.11. The van der Waals surface area contributed by atoms with Crippen molar-refractivity contribution in [3.8, 4) is 0 Å². The summed E-state index contributed by atoms with van der Waals surface area (Å²) in [5.74, 6) is 0.388. The van der Waals surface area contributed by atoms with Gasteiger partial charge >= 0.3 is 5.97 Å². The summed E-state index contributed by atoms with van der Waals surface area (Å²) in [5, 5.41) is 8.98. The molecule has 28 heavy (non-hydrogen) atoms. The number of nitrogens with zero attached hydrogens (tertiary/aromatic N) is 2. The fraction of sp³-hybridized carbons (Fsp3) is 0.278. The van der Waals surface area contributed by atoms with Gasteiger partial charge in [-0.15, -0.1) is 11.3 Å². The Morgan fingerprint density at radius 1 is 1.25 bits per heavy atom. The van der Waals surface area contributed by atoms with E-state index in [2.05, 4.69) is 15.3 Å². The normalized spacial score (nSPS) is 11.8. The molecule has 2 heterocycles. The van der Waals surface area contributed by atoms with Crippen molar-refractivity contribution in [1.82, 2.24) is 9.97 Å². The second-order valence-electron chi connectivity index (χ2n) is 6.65. The maximum absolute atomic E-state index is 12.4. The number of aryl methyl sites for hydroxylation is 1. The minimum atomic E-state index is -3.75. The molecule has 0 aliphatic carbocycles. The van der Waals surface area contributed by atoms with Gasteiger partial charge in [0.2, 0.25) is 10.0 Å². The van der Waals surface area contributed by atoms with Gasteiger partial charge in [-0.1, -0.05) is 13.8 Å². The second kappa shape index (κ2) is 7.82. The van der Waals surface area contributed by atoms with E-state index in [1.54, 1.807) is 12.1 Å². The minimum absolute atomic E-state index is 0.0211. The summed E-state index contributed by atoms with van der Waals surface area (Å²) in [6.07, 6.45) is 1.41. The highest BCUT2D eigenvalue weighted by Gasteiger charge is 2.21. The fourth-order valence-corrected chi connectivity index (χ4v) is 4.09. The number of carbonyl (C=O) groups excluding carboxylic acids is 1. The average molecular weight is 421 g/mol. The lowest BCUT2D eigenvalue weighted by atomic mass is 10.2. The molecule has 3 rings (SSSR count). The summed E-state index contributed by atoms with van der Waals surface area (Å²) in [6, 6.07) is 6.00. The van der Waals surface area contributed by atoms with Gasteiger partial charge in [0.25, 0.3) is 0 Å². The lowest BCUT2D eigenvalue weighted by Crippen LogP contribution is -2.11. The molecular formula is C18H20N4O4S2. The summed E-state index contributed by atoms with van der Waals surface area (Å²) in [7, 11) is -3.75. The van der Waals surface area contributed by atoms with Crippen molar-refractivity contribution in [2.75, 3.05) is 11.9 Å². The van der Waals surface area contributed by atoms with E-state index in [1.165, 1.54) is 29.8 Å². The predicted octanol–water partition coefficient (Wildman–Crippen LogP) is 3.20. The molecule has 148 valence electrons. The molecule has 8 nitrogen and oxygen atoms in total. The van der Waals surface area contributed by atoms with Crippen LogP contribution in [0, 0.1) is 12.8 Å². The van der Waals surface area contributed by atoms with Crippen molar-refractivity contribution < 1.29 is 17.9 Å². The first-order valence-corrected chi connectivity index (χ1v) is 10.8. The van der Waals surface area contributed by atoms with Crippen LogP contribution < -0.4 is 10.5 Å². The van der Waals surface area contributed by atoms with E-state index >= 15 is 0 Å². The van der Waals surface area contributed by atoms with Crippen molar-refractivity contribution in [2.24, 2.45) is 11.1 Å². The molecule has 0 saturated carbocycles. The molecule has 0 atom stereocenters. The number of thiophene rings is 1. The molecule has 1 aromatic carbocycles. The van der Waals surface area contributed by atoms with Crippen molar-refractivity contribution in [3.63, 3.8) is 0 Å². The monoisotopic (exact) mass is 420 g/mol. The topological polar surface area (TPSA) is 124 Å². The van der Waals surface area contributed by atoms with Crippen LogP contribution in [-0.2, 0) is 14.8 Å². The van der Waals surface area contributed by atoms with Crippen LogP contribution in [0.2, 0.25) is 0 Å². The third-order valence-corrected chi connectivity index (χ3v) is 6.01. The molecule has 0 aliphatic rings. The van der Waals surface area contributed by atoms with Gasteiger partial charge in [-0.05, 0) is 42.7 Å². The molecule has 3 aromatic rings. The molecule has 0 aliphatic heterocycles. The number of primary sulfonamides is 1. The van der Waals surface area contributed by atoms with Crippen LogP contribution in [0.3, 0.4) is 0 Å². The Bertz CT molecular complexity index is 1120. The van der Waals surface area contributed by atoms with Crippen molar-refractivity contribution in [1.29, 1.82) is 0 Å². The molecule has 10 heteroatoms. The first-order chi connectivity index (χ1) is 13.2. The van der Waals surface area contributed by atoms with Crippen LogP contribution in [0.15, 0.2) is 35.5 Å². The SMILES string of the molecule is Cc1c(C(=O)OCC(C)C)sc2ncnc(Nc3ccc(S(N)(=O)=O)cc3)c12. The van der Waals surface area contributed by atoms with Crippen LogP contribution in [0.4, 0.5) is 11.5 Å². The van der Waals surface area contributed by atoms with Crippen LogP contribution in [0.1, 0.15) is 29.1 Å². The number of fused-ring (bicyclic) bond motifs is 1. The van der Waals surface area contributed by atoms with E-state index in [4.69, 9.17) is 9.88 Å². The van der Waals surface area contributed by atoms with Gasteiger partial charge < -0.3 is 10.1 Å². The van der Waals surface area contributed by atoms with E-state index in [0.29, 0.717) is 27.8 Å². The van der Waals surface area contributed by atoms with Gasteiger partial charge in [-0.3, -0.25) is 0 Å². The highest BCUT2D eigenvalue weighted by Crippen LogP contribution is 2.35. The molecule has 0 unspecified atom stereocenters. The number of rotatable bonds is 6. The molecular weight excluding hydrogens is 400 g/mol. The van der Waals surface area contributed by atoms with Gasteiger partial charge in [0.1, 0.15) is 21.9 Å².